The van der Waals surface area contributed by atoms with Crippen molar-refractivity contribution >= 4 is 18.3 Å². The molecule has 1 unspecified atom stereocenters. The first kappa shape index (κ1) is 14.1. The summed E-state index contributed by atoms with van der Waals surface area (Å²) < 4.78 is 13.5. The molecule has 0 radical (unpaired) electrons. The average Bonchev–Trinajstić information content (AvgIpc) is 2.77. The minimum atomic E-state index is -1.78. The van der Waals surface area contributed by atoms with Gasteiger partial charge in [0.25, 0.3) is 0 Å². The number of hydrogen-bond acceptors (Lipinski definition) is 3. The van der Waals surface area contributed by atoms with Crippen LogP contribution in [0.1, 0.15) is 18.1 Å². The lowest BCUT2D eigenvalue weighted by molar-refractivity contribution is 0.423. The molecular weight excluding hydrogens is 268 g/mol. The smallest absolute Gasteiger partial charge is 0.423 e. The lowest BCUT2D eigenvalue weighted by atomic mass is 9.79. The van der Waals surface area contributed by atoms with Crippen LogP contribution in [0.5, 0.6) is 0 Å². The summed E-state index contributed by atoms with van der Waals surface area (Å²) in [5.41, 5.74) is 3.30. The van der Waals surface area contributed by atoms with Crippen LogP contribution in [-0.2, 0) is 13.0 Å². The summed E-state index contributed by atoms with van der Waals surface area (Å²) in [6.07, 6.45) is 0.993. The molecule has 108 valence electrons. The third kappa shape index (κ3) is 2.67. The molecule has 5 heteroatoms. The maximum Gasteiger partial charge on any atom is 0.491 e. The van der Waals surface area contributed by atoms with Crippen molar-refractivity contribution in [3.8, 4) is 0 Å². The Morgan fingerprint density at radius 3 is 2.76 bits per heavy atom. The maximum absolute atomic E-state index is 13.5. The largest absolute Gasteiger partial charge is 0.491 e. The highest BCUT2D eigenvalue weighted by molar-refractivity contribution is 6.58. The molecule has 0 fully saturated rings. The number of para-hydroxylation sites is 1. The van der Waals surface area contributed by atoms with Gasteiger partial charge < -0.3 is 14.9 Å². The molecule has 2 N–H and O–H groups in total. The van der Waals surface area contributed by atoms with Gasteiger partial charge in [0.05, 0.1) is 0 Å². The molecule has 0 bridgehead atoms. The zero-order valence-electron chi connectivity index (χ0n) is 11.8. The molecule has 0 amide bonds. The minimum absolute atomic E-state index is 0.0763. The van der Waals surface area contributed by atoms with Gasteiger partial charge in [-0.25, -0.2) is 4.39 Å². The third-order valence-electron chi connectivity index (χ3n) is 4.04. The molecule has 3 rings (SSSR count). The lowest BCUT2D eigenvalue weighted by Crippen LogP contribution is -2.34. The Hall–Kier alpha value is -1.85. The average molecular weight is 285 g/mol. The van der Waals surface area contributed by atoms with Gasteiger partial charge >= 0.3 is 7.12 Å². The molecule has 2 aromatic rings. The van der Waals surface area contributed by atoms with E-state index in [0.717, 1.165) is 12.0 Å². The Labute approximate surface area is 123 Å². The van der Waals surface area contributed by atoms with E-state index in [1.807, 2.05) is 12.1 Å². The normalized spacial score (nSPS) is 17.0. The predicted octanol–water partition coefficient (Wildman–Crippen LogP) is 1.46. The van der Waals surface area contributed by atoms with E-state index in [9.17, 15) is 14.4 Å². The molecule has 1 heterocycles. The molecule has 21 heavy (non-hydrogen) atoms. The second kappa shape index (κ2) is 5.50. The van der Waals surface area contributed by atoms with Crippen molar-refractivity contribution < 1.29 is 14.4 Å². The van der Waals surface area contributed by atoms with Crippen LogP contribution in [0.4, 0.5) is 10.1 Å². The summed E-state index contributed by atoms with van der Waals surface area (Å²) in [5.74, 6) is -0.594. The van der Waals surface area contributed by atoms with E-state index in [4.69, 9.17) is 0 Å². The molecule has 3 nitrogen and oxygen atoms in total. The third-order valence-corrected chi connectivity index (χ3v) is 4.04. The Morgan fingerprint density at radius 1 is 1.24 bits per heavy atom. The number of anilines is 1. The van der Waals surface area contributed by atoms with Crippen LogP contribution in [0.15, 0.2) is 42.5 Å². The SMILES string of the molecule is CC1Cc2ccccc2N1Cc1ccc(F)c(B(O)O)c1. The van der Waals surface area contributed by atoms with Crippen molar-refractivity contribution in [2.75, 3.05) is 4.90 Å². The zero-order valence-corrected chi connectivity index (χ0v) is 11.8. The van der Waals surface area contributed by atoms with Crippen molar-refractivity contribution in [3.05, 3.63) is 59.4 Å². The highest BCUT2D eigenvalue weighted by Gasteiger charge is 2.26. The standard InChI is InChI=1S/C16H17BFNO2/c1-11-8-13-4-2-3-5-16(13)19(11)10-12-6-7-15(18)14(9-12)17(20)21/h2-7,9,11,20-21H,8,10H2,1H3. The number of halogens is 1. The lowest BCUT2D eigenvalue weighted by Gasteiger charge is -2.25. The quantitative estimate of drug-likeness (QED) is 0.839. The van der Waals surface area contributed by atoms with Crippen LogP contribution >= 0.6 is 0 Å². The van der Waals surface area contributed by atoms with Crippen molar-refractivity contribution in [3.63, 3.8) is 0 Å². The van der Waals surface area contributed by atoms with Gasteiger partial charge in [-0.2, -0.15) is 0 Å². The molecule has 1 aliphatic rings. The number of rotatable bonds is 3. The molecule has 0 aliphatic carbocycles. The minimum Gasteiger partial charge on any atom is -0.423 e. The maximum atomic E-state index is 13.5. The van der Waals surface area contributed by atoms with Crippen molar-refractivity contribution in [2.45, 2.75) is 25.9 Å². The molecule has 0 spiro atoms. The van der Waals surface area contributed by atoms with Gasteiger partial charge in [-0.1, -0.05) is 30.3 Å². The van der Waals surface area contributed by atoms with Crippen molar-refractivity contribution in [1.82, 2.24) is 0 Å². The van der Waals surface area contributed by atoms with Gasteiger partial charge in [0.1, 0.15) is 5.82 Å². The first-order chi connectivity index (χ1) is 10.1. The number of hydrogen-bond donors (Lipinski definition) is 2. The van der Waals surface area contributed by atoms with E-state index in [2.05, 4.69) is 24.0 Å². The van der Waals surface area contributed by atoms with E-state index >= 15 is 0 Å². The monoisotopic (exact) mass is 285 g/mol. The molecule has 1 atom stereocenters. The highest BCUT2D eigenvalue weighted by Crippen LogP contribution is 2.32. The summed E-state index contributed by atoms with van der Waals surface area (Å²) >= 11 is 0. The zero-order chi connectivity index (χ0) is 15.0. The second-order valence-electron chi connectivity index (χ2n) is 5.54. The van der Waals surface area contributed by atoms with Crippen molar-refractivity contribution in [2.24, 2.45) is 0 Å². The first-order valence-electron chi connectivity index (χ1n) is 7.05. The molecule has 0 saturated heterocycles. The summed E-state index contributed by atoms with van der Waals surface area (Å²) in [6, 6.07) is 13.1. The topological polar surface area (TPSA) is 43.7 Å². The number of fused-ring (bicyclic) bond motifs is 1. The molecule has 0 saturated carbocycles. The molecule has 0 aromatic heterocycles. The van der Waals surface area contributed by atoms with Gasteiger partial charge in [0.15, 0.2) is 0 Å². The van der Waals surface area contributed by atoms with E-state index in [1.54, 1.807) is 6.07 Å². The molecular formula is C16H17BFNO2. The Balaban J connectivity index is 1.89. The Bertz CT molecular complexity index is 662. The van der Waals surface area contributed by atoms with Crippen molar-refractivity contribution in [1.29, 1.82) is 0 Å². The van der Waals surface area contributed by atoms with Gasteiger partial charge in [-0.3, -0.25) is 0 Å². The Kier molecular flexibility index (Phi) is 3.70. The van der Waals surface area contributed by atoms with Gasteiger partial charge in [0.2, 0.25) is 0 Å². The summed E-state index contributed by atoms with van der Waals surface area (Å²) in [5, 5.41) is 18.4. The van der Waals surface area contributed by atoms with E-state index in [-0.39, 0.29) is 5.46 Å². The van der Waals surface area contributed by atoms with Gasteiger partial charge in [-0.05, 0) is 36.6 Å². The van der Waals surface area contributed by atoms with Crippen LogP contribution < -0.4 is 10.4 Å². The molecule has 1 aliphatic heterocycles. The first-order valence-corrected chi connectivity index (χ1v) is 7.05. The summed E-state index contributed by atoms with van der Waals surface area (Å²) in [7, 11) is -1.78. The highest BCUT2D eigenvalue weighted by atomic mass is 19.1. The summed E-state index contributed by atoms with van der Waals surface area (Å²) in [6.45, 7) is 2.78. The number of benzene rings is 2. The van der Waals surface area contributed by atoms with E-state index < -0.39 is 12.9 Å². The van der Waals surface area contributed by atoms with Crippen LogP contribution in [-0.4, -0.2) is 23.2 Å². The Morgan fingerprint density at radius 2 is 2.00 bits per heavy atom. The van der Waals surface area contributed by atoms with Crippen LogP contribution in [0.2, 0.25) is 0 Å². The predicted molar refractivity (Wildman–Crippen MR) is 82.0 cm³/mol. The fraction of sp³-hybridized carbons (Fsp3) is 0.250. The molecule has 2 aromatic carbocycles. The number of nitrogens with zero attached hydrogens (tertiary/aromatic N) is 1. The van der Waals surface area contributed by atoms with Crippen LogP contribution in [0, 0.1) is 5.82 Å². The fourth-order valence-corrected chi connectivity index (χ4v) is 2.96. The van der Waals surface area contributed by atoms with Crippen LogP contribution in [0.25, 0.3) is 0 Å². The van der Waals surface area contributed by atoms with Gasteiger partial charge in [0, 0.05) is 23.7 Å². The summed E-state index contributed by atoms with van der Waals surface area (Å²) in [4.78, 5) is 2.26. The van der Waals surface area contributed by atoms with Gasteiger partial charge in [-0.15, -0.1) is 0 Å². The second-order valence-corrected chi connectivity index (χ2v) is 5.54. The van der Waals surface area contributed by atoms with Crippen LogP contribution in [0.3, 0.4) is 0 Å². The van der Waals surface area contributed by atoms with E-state index in [0.29, 0.717) is 12.6 Å². The van der Waals surface area contributed by atoms with E-state index in [1.165, 1.54) is 23.4 Å². The fourth-order valence-electron chi connectivity index (χ4n) is 2.96.